The monoisotopic (exact) mass is 322 g/mol. The van der Waals surface area contributed by atoms with Crippen LogP contribution in [0.3, 0.4) is 0 Å². The quantitative estimate of drug-likeness (QED) is 0.684. The molecule has 22 heavy (non-hydrogen) atoms. The van der Waals surface area contributed by atoms with Gasteiger partial charge in [-0.1, -0.05) is 30.3 Å². The summed E-state index contributed by atoms with van der Waals surface area (Å²) in [5.74, 6) is -1.10. The molecule has 3 rings (SSSR count). The Morgan fingerprint density at radius 1 is 1.00 bits per heavy atom. The van der Waals surface area contributed by atoms with Crippen molar-refractivity contribution in [3.05, 3.63) is 64.5 Å². The van der Waals surface area contributed by atoms with Crippen molar-refractivity contribution in [3.8, 4) is 5.75 Å². The number of carbonyl (C=O) groups is 1. The van der Waals surface area contributed by atoms with Crippen LogP contribution in [0.25, 0.3) is 10.1 Å². The smallest absolute Gasteiger partial charge is 0.417 e. The van der Waals surface area contributed by atoms with Gasteiger partial charge in [0.2, 0.25) is 5.78 Å². The van der Waals surface area contributed by atoms with Crippen molar-refractivity contribution in [1.82, 2.24) is 0 Å². The third-order valence-electron chi connectivity index (χ3n) is 3.25. The Labute approximate surface area is 127 Å². The lowest BCUT2D eigenvalue weighted by molar-refractivity contribution is -0.137. The second kappa shape index (κ2) is 5.14. The highest BCUT2D eigenvalue weighted by Crippen LogP contribution is 2.40. The number of rotatable bonds is 2. The van der Waals surface area contributed by atoms with Crippen molar-refractivity contribution in [2.24, 2.45) is 0 Å². The standard InChI is InChI=1S/C16H9F3O2S/c17-16(18,19)11-7-3-1-5-9(11)13(20)15-14(21)10-6-2-4-8-12(10)22-15/h1-8,21H. The summed E-state index contributed by atoms with van der Waals surface area (Å²) in [6.07, 6.45) is -4.63. The molecule has 1 aromatic heterocycles. The number of hydrogen-bond acceptors (Lipinski definition) is 3. The van der Waals surface area contributed by atoms with Crippen molar-refractivity contribution in [2.75, 3.05) is 0 Å². The molecule has 112 valence electrons. The average molecular weight is 322 g/mol. The van der Waals surface area contributed by atoms with E-state index < -0.39 is 23.1 Å². The van der Waals surface area contributed by atoms with Crippen molar-refractivity contribution in [1.29, 1.82) is 0 Å². The molecule has 3 aromatic rings. The van der Waals surface area contributed by atoms with E-state index >= 15 is 0 Å². The Balaban J connectivity index is 2.17. The minimum Gasteiger partial charge on any atom is -0.506 e. The molecule has 2 aromatic carbocycles. The number of benzene rings is 2. The summed E-state index contributed by atoms with van der Waals surface area (Å²) in [4.78, 5) is 12.4. The fraction of sp³-hybridized carbons (Fsp3) is 0.0625. The van der Waals surface area contributed by atoms with Crippen LogP contribution in [0.4, 0.5) is 13.2 Å². The number of hydrogen-bond donors (Lipinski definition) is 1. The van der Waals surface area contributed by atoms with Gasteiger partial charge in [-0.3, -0.25) is 4.79 Å². The zero-order valence-corrected chi connectivity index (χ0v) is 11.8. The van der Waals surface area contributed by atoms with Gasteiger partial charge in [0.15, 0.2) is 0 Å². The summed E-state index contributed by atoms with van der Waals surface area (Å²) in [6.45, 7) is 0. The van der Waals surface area contributed by atoms with Gasteiger partial charge >= 0.3 is 6.18 Å². The Morgan fingerprint density at radius 2 is 1.64 bits per heavy atom. The average Bonchev–Trinajstić information content (AvgIpc) is 2.83. The van der Waals surface area contributed by atoms with Crippen LogP contribution in [0.5, 0.6) is 5.75 Å². The molecule has 0 saturated carbocycles. The van der Waals surface area contributed by atoms with Crippen LogP contribution in [0, 0.1) is 0 Å². The Morgan fingerprint density at radius 3 is 2.32 bits per heavy atom. The van der Waals surface area contributed by atoms with Crippen molar-refractivity contribution in [3.63, 3.8) is 0 Å². The molecule has 1 N–H and O–H groups in total. The van der Waals surface area contributed by atoms with Crippen molar-refractivity contribution < 1.29 is 23.1 Å². The highest BCUT2D eigenvalue weighted by atomic mass is 32.1. The topological polar surface area (TPSA) is 37.3 Å². The van der Waals surface area contributed by atoms with Gasteiger partial charge in [0.25, 0.3) is 0 Å². The van der Waals surface area contributed by atoms with Crippen LogP contribution in [0.1, 0.15) is 20.8 Å². The molecular formula is C16H9F3O2S. The maximum Gasteiger partial charge on any atom is 0.417 e. The fourth-order valence-corrected chi connectivity index (χ4v) is 3.29. The van der Waals surface area contributed by atoms with E-state index in [2.05, 4.69) is 0 Å². The molecule has 0 saturated heterocycles. The first-order valence-corrected chi connectivity index (χ1v) is 7.12. The van der Waals surface area contributed by atoms with E-state index in [1.165, 1.54) is 12.1 Å². The SMILES string of the molecule is O=C(c1ccccc1C(F)(F)F)c1sc2ccccc2c1O. The van der Waals surface area contributed by atoms with Gasteiger partial charge in [0, 0.05) is 15.6 Å². The van der Waals surface area contributed by atoms with E-state index in [4.69, 9.17) is 0 Å². The predicted molar refractivity (Wildman–Crippen MR) is 78.4 cm³/mol. The van der Waals surface area contributed by atoms with Crippen LogP contribution in [0.2, 0.25) is 0 Å². The first-order valence-electron chi connectivity index (χ1n) is 6.31. The summed E-state index contributed by atoms with van der Waals surface area (Å²) in [6, 6.07) is 11.3. The highest BCUT2D eigenvalue weighted by Gasteiger charge is 2.35. The summed E-state index contributed by atoms with van der Waals surface area (Å²) in [5.41, 5.74) is -1.46. The van der Waals surface area contributed by atoms with E-state index in [1.807, 2.05) is 0 Å². The number of carbonyl (C=O) groups excluding carboxylic acids is 1. The van der Waals surface area contributed by atoms with Crippen LogP contribution >= 0.6 is 11.3 Å². The molecule has 0 aliphatic carbocycles. The molecule has 1 heterocycles. The Hall–Kier alpha value is -2.34. The molecule has 2 nitrogen and oxygen atoms in total. The maximum absolute atomic E-state index is 13.0. The summed E-state index contributed by atoms with van der Waals surface area (Å²) < 4.78 is 39.7. The predicted octanol–water partition coefficient (Wildman–Crippen LogP) is 4.86. The summed E-state index contributed by atoms with van der Waals surface area (Å²) in [7, 11) is 0. The van der Waals surface area contributed by atoms with Gasteiger partial charge in [-0.15, -0.1) is 11.3 Å². The van der Waals surface area contributed by atoms with Crippen LogP contribution in [-0.2, 0) is 6.18 Å². The van der Waals surface area contributed by atoms with Crippen molar-refractivity contribution >= 4 is 27.2 Å². The second-order valence-corrected chi connectivity index (χ2v) is 5.70. The molecule has 0 amide bonds. The lowest BCUT2D eigenvalue weighted by atomic mass is 10.0. The summed E-state index contributed by atoms with van der Waals surface area (Å²) in [5, 5.41) is 10.6. The van der Waals surface area contributed by atoms with Gasteiger partial charge < -0.3 is 5.11 Å². The normalized spacial score (nSPS) is 11.8. The lowest BCUT2D eigenvalue weighted by Crippen LogP contribution is -2.13. The Kier molecular flexibility index (Phi) is 3.41. The van der Waals surface area contributed by atoms with E-state index in [-0.39, 0.29) is 10.6 Å². The molecule has 0 bridgehead atoms. The number of aromatic hydroxyl groups is 1. The minimum atomic E-state index is -4.63. The maximum atomic E-state index is 13.0. The Bertz CT molecular complexity index is 865. The summed E-state index contributed by atoms with van der Waals surface area (Å²) >= 11 is 0.979. The second-order valence-electron chi connectivity index (χ2n) is 4.65. The zero-order valence-electron chi connectivity index (χ0n) is 11.0. The lowest BCUT2D eigenvalue weighted by Gasteiger charge is -2.11. The fourth-order valence-electron chi connectivity index (χ4n) is 2.24. The largest absolute Gasteiger partial charge is 0.506 e. The first kappa shape index (κ1) is 14.6. The van der Waals surface area contributed by atoms with Gasteiger partial charge in [-0.05, 0) is 18.2 Å². The van der Waals surface area contributed by atoms with Gasteiger partial charge in [-0.25, -0.2) is 0 Å². The number of ketones is 1. The van der Waals surface area contributed by atoms with Crippen molar-refractivity contribution in [2.45, 2.75) is 6.18 Å². The third kappa shape index (κ3) is 2.35. The molecule has 0 atom stereocenters. The third-order valence-corrected chi connectivity index (χ3v) is 4.41. The first-order chi connectivity index (χ1) is 10.4. The van der Waals surface area contributed by atoms with E-state index in [0.717, 1.165) is 23.5 Å². The van der Waals surface area contributed by atoms with Crippen LogP contribution in [0.15, 0.2) is 48.5 Å². The number of alkyl halides is 3. The highest BCUT2D eigenvalue weighted by molar-refractivity contribution is 7.21. The number of halogens is 3. The molecule has 0 spiro atoms. The molecule has 6 heteroatoms. The van der Waals surface area contributed by atoms with Gasteiger partial charge in [0.05, 0.1) is 5.56 Å². The van der Waals surface area contributed by atoms with E-state index in [1.54, 1.807) is 24.3 Å². The van der Waals surface area contributed by atoms with Gasteiger partial charge in [0.1, 0.15) is 10.6 Å². The molecular weight excluding hydrogens is 313 g/mol. The molecule has 0 radical (unpaired) electrons. The number of fused-ring (bicyclic) bond motifs is 1. The minimum absolute atomic E-state index is 0.0853. The van der Waals surface area contributed by atoms with Crippen LogP contribution < -0.4 is 0 Å². The zero-order chi connectivity index (χ0) is 15.9. The van der Waals surface area contributed by atoms with Crippen LogP contribution in [-0.4, -0.2) is 10.9 Å². The van der Waals surface area contributed by atoms with E-state index in [0.29, 0.717) is 10.1 Å². The van der Waals surface area contributed by atoms with Gasteiger partial charge in [-0.2, -0.15) is 13.2 Å². The number of thiophene rings is 1. The molecule has 0 aliphatic rings. The molecule has 0 unspecified atom stereocenters. The molecule has 0 aliphatic heterocycles. The van der Waals surface area contributed by atoms with E-state index in [9.17, 15) is 23.1 Å². The molecule has 0 fully saturated rings.